The third-order valence-electron chi connectivity index (χ3n) is 7.26. The molecule has 0 radical (unpaired) electrons. The largest absolute Gasteiger partial charge is 0.350 e. The van der Waals surface area contributed by atoms with Gasteiger partial charge in [-0.2, -0.15) is 0 Å². The van der Waals surface area contributed by atoms with Crippen molar-refractivity contribution in [1.29, 1.82) is 0 Å². The molecule has 1 fully saturated rings. The number of nitrogens with one attached hydrogen (secondary N) is 2. The fraction of sp³-hybridized carbons (Fsp3) is 0.235. The Morgan fingerprint density at radius 2 is 1.31 bits per heavy atom. The van der Waals surface area contributed by atoms with Gasteiger partial charge in [0.2, 0.25) is 21.8 Å². The molecule has 0 bridgehead atoms. The first-order valence-corrected chi connectivity index (χ1v) is 15.7. The molecule has 2 N–H and O–H groups in total. The van der Waals surface area contributed by atoms with Gasteiger partial charge in [-0.3, -0.25) is 9.59 Å². The maximum absolute atomic E-state index is 13.9. The van der Waals surface area contributed by atoms with Gasteiger partial charge in [0.1, 0.15) is 6.04 Å². The molecule has 8 heteroatoms. The van der Waals surface area contributed by atoms with Crippen molar-refractivity contribution in [2.24, 2.45) is 0 Å². The zero-order valence-electron chi connectivity index (χ0n) is 23.4. The zero-order valence-corrected chi connectivity index (χ0v) is 24.2. The van der Waals surface area contributed by atoms with E-state index in [2.05, 4.69) is 10.0 Å². The first-order chi connectivity index (χ1) is 20.4. The van der Waals surface area contributed by atoms with Crippen LogP contribution in [-0.2, 0) is 39.1 Å². The highest BCUT2D eigenvalue weighted by Gasteiger charge is 2.31. The van der Waals surface area contributed by atoms with Gasteiger partial charge in [0.05, 0.1) is 4.90 Å². The van der Waals surface area contributed by atoms with Crippen LogP contribution in [0.4, 0.5) is 0 Å². The normalized spacial score (nSPS) is 13.7. The lowest BCUT2D eigenvalue weighted by Crippen LogP contribution is -2.43. The zero-order chi connectivity index (χ0) is 29.4. The molecule has 1 saturated carbocycles. The van der Waals surface area contributed by atoms with Crippen molar-refractivity contribution in [1.82, 2.24) is 14.9 Å². The van der Waals surface area contributed by atoms with Gasteiger partial charge in [0.15, 0.2) is 0 Å². The van der Waals surface area contributed by atoms with E-state index in [0.717, 1.165) is 35.1 Å². The molecule has 1 aliphatic carbocycles. The molecule has 4 aromatic rings. The minimum atomic E-state index is -3.54. The summed E-state index contributed by atoms with van der Waals surface area (Å²) < 4.78 is 27.7. The van der Waals surface area contributed by atoms with Crippen molar-refractivity contribution in [2.45, 2.75) is 55.8 Å². The Balaban J connectivity index is 1.35. The second-order valence-electron chi connectivity index (χ2n) is 10.6. The van der Waals surface area contributed by atoms with Gasteiger partial charge in [-0.15, -0.1) is 0 Å². The van der Waals surface area contributed by atoms with E-state index in [9.17, 15) is 18.0 Å². The third kappa shape index (κ3) is 7.93. The van der Waals surface area contributed by atoms with Crippen molar-refractivity contribution >= 4 is 21.8 Å². The fourth-order valence-electron chi connectivity index (χ4n) is 4.81. The predicted octanol–water partition coefficient (Wildman–Crippen LogP) is 5.15. The van der Waals surface area contributed by atoms with Gasteiger partial charge in [-0.1, -0.05) is 103 Å². The van der Waals surface area contributed by atoms with Crippen LogP contribution in [0.2, 0.25) is 0 Å². The van der Waals surface area contributed by atoms with E-state index in [0.29, 0.717) is 13.0 Å². The Morgan fingerprint density at radius 3 is 1.90 bits per heavy atom. The number of hydrogen-bond acceptors (Lipinski definition) is 4. The molecular weight excluding hydrogens is 546 g/mol. The first-order valence-electron chi connectivity index (χ1n) is 14.2. The van der Waals surface area contributed by atoms with Gasteiger partial charge in [0.25, 0.3) is 0 Å². The monoisotopic (exact) mass is 581 g/mol. The molecule has 7 nitrogen and oxygen atoms in total. The first kappa shape index (κ1) is 29.2. The number of benzene rings is 4. The van der Waals surface area contributed by atoms with Gasteiger partial charge in [-0.05, 0) is 53.6 Å². The van der Waals surface area contributed by atoms with Crippen LogP contribution in [0.3, 0.4) is 0 Å². The van der Waals surface area contributed by atoms with E-state index in [4.69, 9.17) is 0 Å². The predicted molar refractivity (Wildman–Crippen MR) is 163 cm³/mol. The SMILES string of the molecule is O=C(NCc1ccccc1)[C@@H](c1ccccc1)N(Cc1ccccc1)C(=O)CCc1ccc(S(=O)(=O)NC2CC2)cc1. The average Bonchev–Trinajstić information content (AvgIpc) is 3.83. The molecule has 1 aliphatic rings. The molecule has 0 heterocycles. The summed E-state index contributed by atoms with van der Waals surface area (Å²) in [6.07, 6.45) is 2.31. The molecule has 0 aromatic heterocycles. The van der Waals surface area contributed by atoms with Crippen LogP contribution >= 0.6 is 0 Å². The van der Waals surface area contributed by atoms with Gasteiger partial charge in [-0.25, -0.2) is 13.1 Å². The Morgan fingerprint density at radius 1 is 0.738 bits per heavy atom. The summed E-state index contributed by atoms with van der Waals surface area (Å²) in [5, 5.41) is 3.03. The van der Waals surface area contributed by atoms with Crippen molar-refractivity contribution in [3.8, 4) is 0 Å². The summed E-state index contributed by atoms with van der Waals surface area (Å²) in [7, 11) is -3.54. The molecule has 0 unspecified atom stereocenters. The smallest absolute Gasteiger partial charge is 0.247 e. The number of rotatable bonds is 13. The quantitative estimate of drug-likeness (QED) is 0.228. The van der Waals surface area contributed by atoms with E-state index in [1.807, 2.05) is 91.0 Å². The molecule has 0 aliphatic heterocycles. The molecule has 1 atom stereocenters. The van der Waals surface area contributed by atoms with Crippen LogP contribution < -0.4 is 10.0 Å². The number of carbonyl (C=O) groups excluding carboxylic acids is 2. The minimum absolute atomic E-state index is 0.0327. The van der Waals surface area contributed by atoms with Crippen molar-refractivity contribution in [3.05, 3.63) is 138 Å². The fourth-order valence-corrected chi connectivity index (χ4v) is 6.12. The van der Waals surface area contributed by atoms with Crippen LogP contribution in [0.25, 0.3) is 0 Å². The summed E-state index contributed by atoms with van der Waals surface area (Å²) in [5.74, 6) is -0.429. The molecule has 0 spiro atoms. The van der Waals surface area contributed by atoms with E-state index in [1.54, 1.807) is 29.2 Å². The highest BCUT2D eigenvalue weighted by atomic mass is 32.2. The summed E-state index contributed by atoms with van der Waals surface area (Å²) >= 11 is 0. The van der Waals surface area contributed by atoms with Gasteiger partial charge >= 0.3 is 0 Å². The third-order valence-corrected chi connectivity index (χ3v) is 8.80. The van der Waals surface area contributed by atoms with Crippen molar-refractivity contribution in [2.75, 3.05) is 0 Å². The van der Waals surface area contributed by atoms with Crippen molar-refractivity contribution in [3.63, 3.8) is 0 Å². The van der Waals surface area contributed by atoms with E-state index in [1.165, 1.54) is 0 Å². The van der Waals surface area contributed by atoms with Crippen LogP contribution in [-0.4, -0.2) is 31.2 Å². The van der Waals surface area contributed by atoms with E-state index < -0.39 is 16.1 Å². The average molecular weight is 582 g/mol. The van der Waals surface area contributed by atoms with Crippen LogP contribution in [0.15, 0.2) is 120 Å². The van der Waals surface area contributed by atoms with Gasteiger partial charge < -0.3 is 10.2 Å². The molecule has 216 valence electrons. The number of aryl methyl sites for hydroxylation is 1. The molecule has 0 saturated heterocycles. The second kappa shape index (κ2) is 13.6. The van der Waals surface area contributed by atoms with Crippen LogP contribution in [0.5, 0.6) is 0 Å². The van der Waals surface area contributed by atoms with E-state index in [-0.39, 0.29) is 35.7 Å². The topological polar surface area (TPSA) is 95.6 Å². The highest BCUT2D eigenvalue weighted by Crippen LogP contribution is 2.26. The summed E-state index contributed by atoms with van der Waals surface area (Å²) in [6.45, 7) is 0.614. The Kier molecular flexibility index (Phi) is 9.46. The van der Waals surface area contributed by atoms with Crippen LogP contribution in [0.1, 0.15) is 47.6 Å². The molecule has 4 aromatic carbocycles. The lowest BCUT2D eigenvalue weighted by molar-refractivity contribution is -0.141. The molecule has 2 amide bonds. The Labute approximate surface area is 247 Å². The number of amides is 2. The molecule has 5 rings (SSSR count). The Hall–Kier alpha value is -4.27. The van der Waals surface area contributed by atoms with Gasteiger partial charge in [0, 0.05) is 25.6 Å². The van der Waals surface area contributed by atoms with Crippen molar-refractivity contribution < 1.29 is 18.0 Å². The number of carbonyl (C=O) groups is 2. The number of hydrogen-bond donors (Lipinski definition) is 2. The lowest BCUT2D eigenvalue weighted by Gasteiger charge is -2.32. The van der Waals surface area contributed by atoms with E-state index >= 15 is 0 Å². The minimum Gasteiger partial charge on any atom is -0.350 e. The lowest BCUT2D eigenvalue weighted by atomic mass is 10.0. The number of sulfonamides is 1. The number of nitrogens with zero attached hydrogens (tertiary/aromatic N) is 1. The molecular formula is C34H35N3O4S. The maximum atomic E-state index is 13.9. The summed E-state index contributed by atoms with van der Waals surface area (Å²) in [5.41, 5.74) is 3.46. The van der Waals surface area contributed by atoms with Crippen LogP contribution in [0, 0.1) is 0 Å². The summed E-state index contributed by atoms with van der Waals surface area (Å²) in [4.78, 5) is 29.5. The standard InChI is InChI=1S/C34H35N3O4S/c38-32(23-18-26-16-21-31(22-17-26)42(40,41)36-30-19-20-30)37(25-28-12-6-2-7-13-28)33(29-14-8-3-9-15-29)34(39)35-24-27-10-4-1-5-11-27/h1-17,21-22,30,33,36H,18-20,23-25H2,(H,35,39)/t33-/m1/s1. The Bertz CT molecular complexity index is 1570. The maximum Gasteiger partial charge on any atom is 0.247 e. The summed E-state index contributed by atoms with van der Waals surface area (Å²) in [6, 6.07) is 34.5. The second-order valence-corrected chi connectivity index (χ2v) is 12.3. The molecule has 42 heavy (non-hydrogen) atoms. The highest BCUT2D eigenvalue weighted by molar-refractivity contribution is 7.89.